The van der Waals surface area contributed by atoms with Crippen LogP contribution in [0.3, 0.4) is 0 Å². The van der Waals surface area contributed by atoms with Crippen LogP contribution >= 0.6 is 22.9 Å². The Morgan fingerprint density at radius 3 is 2.95 bits per heavy atom. The fourth-order valence-corrected chi connectivity index (χ4v) is 2.66. The standard InChI is InChI=1S/C14H13ClN2OS/c1-17(10-12-5-6-13(15)19-12)14(18)7-4-11-3-2-8-16-9-11/h2-9H,10H2,1H3/b7-4+. The van der Waals surface area contributed by atoms with Gasteiger partial charge in [-0.05, 0) is 29.8 Å². The number of hydrogen-bond donors (Lipinski definition) is 0. The van der Waals surface area contributed by atoms with E-state index in [1.54, 1.807) is 36.5 Å². The molecule has 0 aromatic carbocycles. The van der Waals surface area contributed by atoms with E-state index < -0.39 is 0 Å². The van der Waals surface area contributed by atoms with Crippen molar-refractivity contribution >= 4 is 34.9 Å². The molecule has 0 aliphatic heterocycles. The average molecular weight is 293 g/mol. The summed E-state index contributed by atoms with van der Waals surface area (Å²) in [5.74, 6) is -0.0478. The van der Waals surface area contributed by atoms with Crippen molar-refractivity contribution in [3.8, 4) is 0 Å². The van der Waals surface area contributed by atoms with E-state index >= 15 is 0 Å². The summed E-state index contributed by atoms with van der Waals surface area (Å²) in [7, 11) is 1.77. The van der Waals surface area contributed by atoms with E-state index in [1.807, 2.05) is 24.3 Å². The number of pyridine rings is 1. The minimum atomic E-state index is -0.0478. The molecule has 0 unspecified atom stereocenters. The molecular weight excluding hydrogens is 280 g/mol. The van der Waals surface area contributed by atoms with Crippen molar-refractivity contribution in [1.29, 1.82) is 0 Å². The van der Waals surface area contributed by atoms with Gasteiger partial charge in [0.25, 0.3) is 0 Å². The first-order chi connectivity index (χ1) is 9.15. The Labute approximate surface area is 121 Å². The Balaban J connectivity index is 1.94. The molecule has 0 aliphatic rings. The number of likely N-dealkylation sites (N-methyl/N-ethyl adjacent to an activating group) is 1. The monoisotopic (exact) mass is 292 g/mol. The van der Waals surface area contributed by atoms with E-state index in [0.29, 0.717) is 6.54 Å². The van der Waals surface area contributed by atoms with Crippen LogP contribution < -0.4 is 0 Å². The van der Waals surface area contributed by atoms with Crippen LogP contribution in [0.4, 0.5) is 0 Å². The smallest absolute Gasteiger partial charge is 0.246 e. The van der Waals surface area contributed by atoms with Crippen molar-refractivity contribution in [2.75, 3.05) is 7.05 Å². The summed E-state index contributed by atoms with van der Waals surface area (Å²) in [6, 6.07) is 7.50. The molecule has 0 aliphatic carbocycles. The van der Waals surface area contributed by atoms with Gasteiger partial charge in [-0.3, -0.25) is 9.78 Å². The highest BCUT2D eigenvalue weighted by Gasteiger charge is 2.07. The lowest BCUT2D eigenvalue weighted by molar-refractivity contribution is -0.125. The summed E-state index contributed by atoms with van der Waals surface area (Å²) < 4.78 is 0.738. The molecule has 0 N–H and O–H groups in total. The Morgan fingerprint density at radius 2 is 2.32 bits per heavy atom. The lowest BCUT2D eigenvalue weighted by Crippen LogP contribution is -2.23. The van der Waals surface area contributed by atoms with Crippen LogP contribution in [0.2, 0.25) is 4.34 Å². The number of hydrogen-bond acceptors (Lipinski definition) is 3. The predicted octanol–water partition coefficient (Wildman–Crippen LogP) is 3.47. The molecule has 0 bridgehead atoms. The minimum absolute atomic E-state index is 0.0478. The Hall–Kier alpha value is -1.65. The predicted molar refractivity (Wildman–Crippen MR) is 79.1 cm³/mol. The van der Waals surface area contributed by atoms with Crippen LogP contribution in [0, 0.1) is 0 Å². The maximum atomic E-state index is 11.9. The van der Waals surface area contributed by atoms with E-state index in [4.69, 9.17) is 11.6 Å². The third kappa shape index (κ3) is 4.19. The lowest BCUT2D eigenvalue weighted by atomic mass is 10.2. The number of aromatic nitrogens is 1. The summed E-state index contributed by atoms with van der Waals surface area (Å²) >= 11 is 7.34. The molecule has 0 spiro atoms. The fourth-order valence-electron chi connectivity index (χ4n) is 1.52. The van der Waals surface area contributed by atoms with Crippen molar-refractivity contribution in [1.82, 2.24) is 9.88 Å². The van der Waals surface area contributed by atoms with Crippen molar-refractivity contribution < 1.29 is 4.79 Å². The normalized spacial score (nSPS) is 10.8. The van der Waals surface area contributed by atoms with Gasteiger partial charge >= 0.3 is 0 Å². The van der Waals surface area contributed by atoms with Gasteiger partial charge < -0.3 is 4.90 Å². The van der Waals surface area contributed by atoms with Crippen LogP contribution in [0.1, 0.15) is 10.4 Å². The van der Waals surface area contributed by atoms with Crippen molar-refractivity contribution in [3.05, 3.63) is 57.5 Å². The topological polar surface area (TPSA) is 33.2 Å². The minimum Gasteiger partial charge on any atom is -0.337 e. The first-order valence-corrected chi connectivity index (χ1v) is 6.92. The maximum Gasteiger partial charge on any atom is 0.246 e. The van der Waals surface area contributed by atoms with Crippen molar-refractivity contribution in [3.63, 3.8) is 0 Å². The SMILES string of the molecule is CN(Cc1ccc(Cl)s1)C(=O)/C=C/c1cccnc1. The van der Waals surface area contributed by atoms with Gasteiger partial charge in [0.15, 0.2) is 0 Å². The zero-order chi connectivity index (χ0) is 13.7. The quantitative estimate of drug-likeness (QED) is 0.809. The molecule has 2 aromatic rings. The largest absolute Gasteiger partial charge is 0.337 e. The molecule has 1 amide bonds. The molecule has 0 fully saturated rings. The van der Waals surface area contributed by atoms with Gasteiger partial charge in [0, 0.05) is 30.4 Å². The van der Waals surface area contributed by atoms with Crippen molar-refractivity contribution in [2.45, 2.75) is 6.54 Å². The van der Waals surface area contributed by atoms with E-state index in [-0.39, 0.29) is 5.91 Å². The summed E-state index contributed by atoms with van der Waals surface area (Å²) in [4.78, 5) is 18.6. The van der Waals surface area contributed by atoms with Gasteiger partial charge in [-0.15, -0.1) is 11.3 Å². The number of thiophene rings is 1. The van der Waals surface area contributed by atoms with Gasteiger partial charge in [-0.2, -0.15) is 0 Å². The molecule has 5 heteroatoms. The van der Waals surface area contributed by atoms with Gasteiger partial charge in [-0.25, -0.2) is 0 Å². The van der Waals surface area contributed by atoms with Crippen LogP contribution in [0.15, 0.2) is 42.7 Å². The zero-order valence-electron chi connectivity index (χ0n) is 10.4. The Kier molecular flexibility index (Phi) is 4.71. The van der Waals surface area contributed by atoms with Gasteiger partial charge in [0.05, 0.1) is 10.9 Å². The second-order valence-corrected chi connectivity index (χ2v) is 5.82. The highest BCUT2D eigenvalue weighted by molar-refractivity contribution is 7.16. The van der Waals surface area contributed by atoms with Crippen LogP contribution in [0.25, 0.3) is 6.08 Å². The summed E-state index contributed by atoms with van der Waals surface area (Å²) in [5.41, 5.74) is 0.906. The van der Waals surface area contributed by atoms with E-state index in [0.717, 1.165) is 14.8 Å². The molecule has 98 valence electrons. The van der Waals surface area contributed by atoms with Crippen molar-refractivity contribution in [2.24, 2.45) is 0 Å². The summed E-state index contributed by atoms with van der Waals surface area (Å²) in [5, 5.41) is 0. The third-order valence-electron chi connectivity index (χ3n) is 2.50. The molecule has 0 saturated heterocycles. The molecule has 3 nitrogen and oxygen atoms in total. The van der Waals surface area contributed by atoms with Gasteiger partial charge in [0.2, 0.25) is 5.91 Å². The molecule has 19 heavy (non-hydrogen) atoms. The Bertz CT molecular complexity index is 580. The molecule has 2 aromatic heterocycles. The Morgan fingerprint density at radius 1 is 1.47 bits per heavy atom. The van der Waals surface area contributed by atoms with Crippen LogP contribution in [-0.4, -0.2) is 22.8 Å². The number of rotatable bonds is 4. The lowest BCUT2D eigenvalue weighted by Gasteiger charge is -2.13. The average Bonchev–Trinajstić information content (AvgIpc) is 2.82. The van der Waals surface area contributed by atoms with Gasteiger partial charge in [0.1, 0.15) is 0 Å². The second kappa shape index (κ2) is 6.50. The summed E-state index contributed by atoms with van der Waals surface area (Å²) in [6.07, 6.45) is 6.72. The first kappa shape index (κ1) is 13.8. The van der Waals surface area contributed by atoms with Crippen LogP contribution in [-0.2, 0) is 11.3 Å². The number of amides is 1. The number of nitrogens with zero attached hydrogens (tertiary/aromatic N) is 2. The van der Waals surface area contributed by atoms with Crippen LogP contribution in [0.5, 0.6) is 0 Å². The molecule has 0 atom stereocenters. The zero-order valence-corrected chi connectivity index (χ0v) is 12.0. The number of halogens is 1. The van der Waals surface area contributed by atoms with E-state index in [9.17, 15) is 4.79 Å². The first-order valence-electron chi connectivity index (χ1n) is 5.72. The summed E-state index contributed by atoms with van der Waals surface area (Å²) in [6.45, 7) is 0.563. The molecule has 2 heterocycles. The number of carbonyl (C=O) groups excluding carboxylic acids is 1. The molecular formula is C14H13ClN2OS. The molecule has 0 radical (unpaired) electrons. The highest BCUT2D eigenvalue weighted by atomic mass is 35.5. The molecule has 0 saturated carbocycles. The molecule has 2 rings (SSSR count). The highest BCUT2D eigenvalue weighted by Crippen LogP contribution is 2.22. The number of carbonyl (C=O) groups is 1. The van der Waals surface area contributed by atoms with Gasteiger partial charge in [-0.1, -0.05) is 17.7 Å². The second-order valence-electron chi connectivity index (χ2n) is 4.02. The van der Waals surface area contributed by atoms with E-state index in [1.165, 1.54) is 11.3 Å². The third-order valence-corrected chi connectivity index (χ3v) is 3.72. The van der Waals surface area contributed by atoms with E-state index in [2.05, 4.69) is 4.98 Å². The fraction of sp³-hybridized carbons (Fsp3) is 0.143. The maximum absolute atomic E-state index is 11.9.